The SMILES string of the molecule is C[C@@H](Nc1c(Cl)cnc2ccc(-c3cnc(C(C)(C)O)nc3)cc12)c1cc(-c2cncs2)ccc1F. The first-order valence-electron chi connectivity index (χ1n) is 11.3. The average molecular weight is 520 g/mol. The summed E-state index contributed by atoms with van der Waals surface area (Å²) in [5.74, 6) is 0.0398. The second-order valence-electron chi connectivity index (χ2n) is 9.04. The van der Waals surface area contributed by atoms with Crippen molar-refractivity contribution in [2.24, 2.45) is 0 Å². The maximum Gasteiger partial charge on any atom is 0.159 e. The Balaban J connectivity index is 1.52. The third-order valence-electron chi connectivity index (χ3n) is 5.89. The maximum absolute atomic E-state index is 14.9. The molecule has 1 atom stereocenters. The van der Waals surface area contributed by atoms with Gasteiger partial charge in [-0.05, 0) is 56.2 Å². The van der Waals surface area contributed by atoms with Crippen LogP contribution in [-0.4, -0.2) is 25.0 Å². The Bertz CT molecular complexity index is 1540. The predicted octanol–water partition coefficient (Wildman–Crippen LogP) is 7.01. The van der Waals surface area contributed by atoms with E-state index in [0.717, 1.165) is 32.5 Å². The van der Waals surface area contributed by atoms with Crippen molar-refractivity contribution in [3.05, 3.63) is 88.9 Å². The first kappa shape index (κ1) is 24.2. The first-order valence-corrected chi connectivity index (χ1v) is 12.5. The summed E-state index contributed by atoms with van der Waals surface area (Å²) in [5.41, 5.74) is 5.11. The van der Waals surface area contributed by atoms with Crippen LogP contribution in [0.5, 0.6) is 0 Å². The lowest BCUT2D eigenvalue weighted by atomic mass is 10.0. The van der Waals surface area contributed by atoms with Crippen LogP contribution in [0.4, 0.5) is 10.1 Å². The zero-order valence-corrected chi connectivity index (χ0v) is 21.4. The summed E-state index contributed by atoms with van der Waals surface area (Å²) in [6, 6.07) is 10.5. The lowest BCUT2D eigenvalue weighted by Gasteiger charge is -2.20. The molecule has 182 valence electrons. The maximum atomic E-state index is 14.9. The van der Waals surface area contributed by atoms with Gasteiger partial charge in [-0.1, -0.05) is 23.7 Å². The van der Waals surface area contributed by atoms with Crippen LogP contribution in [0.3, 0.4) is 0 Å². The summed E-state index contributed by atoms with van der Waals surface area (Å²) in [7, 11) is 0. The van der Waals surface area contributed by atoms with E-state index in [2.05, 4.69) is 25.3 Å². The number of anilines is 1. The Morgan fingerprint density at radius 1 is 0.972 bits per heavy atom. The fourth-order valence-corrected chi connectivity index (χ4v) is 4.79. The number of pyridine rings is 1. The van der Waals surface area contributed by atoms with Gasteiger partial charge in [0.1, 0.15) is 11.4 Å². The van der Waals surface area contributed by atoms with Gasteiger partial charge in [-0.25, -0.2) is 14.4 Å². The number of nitrogens with one attached hydrogen (secondary N) is 1. The van der Waals surface area contributed by atoms with E-state index in [1.54, 1.807) is 50.2 Å². The second kappa shape index (κ2) is 9.54. The quantitative estimate of drug-likeness (QED) is 0.251. The molecule has 3 heterocycles. The summed E-state index contributed by atoms with van der Waals surface area (Å²) < 4.78 is 14.9. The van der Waals surface area contributed by atoms with E-state index in [4.69, 9.17) is 11.6 Å². The molecule has 6 nitrogen and oxygen atoms in total. The normalized spacial score (nSPS) is 12.6. The van der Waals surface area contributed by atoms with E-state index in [-0.39, 0.29) is 11.9 Å². The molecule has 0 saturated carbocycles. The summed E-state index contributed by atoms with van der Waals surface area (Å²) in [4.78, 5) is 18.2. The Labute approximate surface area is 216 Å². The van der Waals surface area contributed by atoms with Crippen LogP contribution < -0.4 is 5.32 Å². The topological polar surface area (TPSA) is 83.8 Å². The Morgan fingerprint density at radius 3 is 2.42 bits per heavy atom. The third kappa shape index (κ3) is 4.80. The number of rotatable bonds is 6. The monoisotopic (exact) mass is 519 g/mol. The minimum Gasteiger partial charge on any atom is -0.382 e. The Kier molecular flexibility index (Phi) is 6.42. The Morgan fingerprint density at radius 2 is 1.72 bits per heavy atom. The number of halogens is 2. The van der Waals surface area contributed by atoms with Crippen LogP contribution in [0.15, 0.2) is 66.7 Å². The molecule has 9 heteroatoms. The molecule has 2 N–H and O–H groups in total. The number of hydrogen-bond donors (Lipinski definition) is 2. The lowest BCUT2D eigenvalue weighted by molar-refractivity contribution is 0.0687. The standard InChI is InChI=1S/C27H23ClFN5OS/c1-15(19-9-17(4-6-22(19)29)24-13-30-14-36-24)34-25-20-8-16(5-7-23(20)31-12-21(25)28)18-10-32-26(33-11-18)27(2,3)35/h4-15,35H,1-3H3,(H,31,34)/t15-/m1/s1. The number of aliphatic hydroxyl groups is 1. The first-order chi connectivity index (χ1) is 17.2. The van der Waals surface area contributed by atoms with Crippen molar-refractivity contribution in [1.29, 1.82) is 0 Å². The zero-order valence-electron chi connectivity index (χ0n) is 19.8. The highest BCUT2D eigenvalue weighted by atomic mass is 35.5. The third-order valence-corrected chi connectivity index (χ3v) is 7.00. The largest absolute Gasteiger partial charge is 0.382 e. The fraction of sp³-hybridized carbons (Fsp3) is 0.185. The molecular weight excluding hydrogens is 497 g/mol. The van der Waals surface area contributed by atoms with E-state index >= 15 is 0 Å². The van der Waals surface area contributed by atoms with Gasteiger partial charge in [0.25, 0.3) is 0 Å². The summed E-state index contributed by atoms with van der Waals surface area (Å²) >= 11 is 8.08. The van der Waals surface area contributed by atoms with Crippen molar-refractivity contribution in [3.63, 3.8) is 0 Å². The van der Waals surface area contributed by atoms with Crippen LogP contribution in [0.25, 0.3) is 32.5 Å². The van der Waals surface area contributed by atoms with Gasteiger partial charge in [-0.15, -0.1) is 11.3 Å². The van der Waals surface area contributed by atoms with E-state index in [9.17, 15) is 9.50 Å². The molecule has 0 radical (unpaired) electrons. The van der Waals surface area contributed by atoms with Crippen molar-refractivity contribution in [1.82, 2.24) is 19.9 Å². The molecule has 0 fully saturated rings. The van der Waals surface area contributed by atoms with Gasteiger partial charge in [0, 0.05) is 41.3 Å². The highest BCUT2D eigenvalue weighted by molar-refractivity contribution is 7.13. The molecule has 0 amide bonds. The van der Waals surface area contributed by atoms with Crippen LogP contribution in [0, 0.1) is 5.82 Å². The molecule has 0 aliphatic heterocycles. The smallest absolute Gasteiger partial charge is 0.159 e. The molecule has 3 aromatic heterocycles. The number of hydrogen-bond acceptors (Lipinski definition) is 7. The van der Waals surface area contributed by atoms with Crippen molar-refractivity contribution in [3.8, 4) is 21.6 Å². The van der Waals surface area contributed by atoms with Gasteiger partial charge >= 0.3 is 0 Å². The number of aromatic nitrogens is 4. The Hall–Kier alpha value is -3.46. The van der Waals surface area contributed by atoms with Gasteiger partial charge in [0.05, 0.1) is 32.7 Å². The molecule has 0 unspecified atom stereocenters. The number of fused-ring (bicyclic) bond motifs is 1. The van der Waals surface area contributed by atoms with Crippen LogP contribution >= 0.6 is 22.9 Å². The molecule has 36 heavy (non-hydrogen) atoms. The minimum atomic E-state index is -1.13. The van der Waals surface area contributed by atoms with E-state index in [0.29, 0.717) is 22.1 Å². The van der Waals surface area contributed by atoms with E-state index in [1.165, 1.54) is 17.4 Å². The second-order valence-corrected chi connectivity index (χ2v) is 10.3. The van der Waals surface area contributed by atoms with E-state index in [1.807, 2.05) is 31.2 Å². The van der Waals surface area contributed by atoms with Crippen molar-refractivity contribution < 1.29 is 9.50 Å². The van der Waals surface area contributed by atoms with Gasteiger partial charge in [0.2, 0.25) is 0 Å². The summed E-state index contributed by atoms with van der Waals surface area (Å²) in [6.07, 6.45) is 6.71. The average Bonchev–Trinajstić information content (AvgIpc) is 3.40. The van der Waals surface area contributed by atoms with Crippen molar-refractivity contribution in [2.45, 2.75) is 32.4 Å². The number of benzene rings is 2. The van der Waals surface area contributed by atoms with Gasteiger partial charge < -0.3 is 10.4 Å². The summed E-state index contributed by atoms with van der Waals surface area (Å²) in [6.45, 7) is 5.17. The van der Waals surface area contributed by atoms with Gasteiger partial charge in [0.15, 0.2) is 5.82 Å². The predicted molar refractivity (Wildman–Crippen MR) is 143 cm³/mol. The zero-order chi connectivity index (χ0) is 25.4. The molecule has 0 bridgehead atoms. The molecule has 5 aromatic rings. The van der Waals surface area contributed by atoms with Crippen molar-refractivity contribution in [2.75, 3.05) is 5.32 Å². The minimum absolute atomic E-state index is 0.303. The van der Waals surface area contributed by atoms with Crippen molar-refractivity contribution >= 4 is 39.5 Å². The molecule has 0 aliphatic carbocycles. The molecular formula is C27H23ClFN5OS. The van der Waals surface area contributed by atoms with E-state index < -0.39 is 5.60 Å². The highest BCUT2D eigenvalue weighted by Crippen LogP contribution is 2.36. The molecule has 0 aliphatic rings. The molecule has 5 rings (SSSR count). The number of nitrogens with zero attached hydrogens (tertiary/aromatic N) is 4. The van der Waals surface area contributed by atoms with Crippen LogP contribution in [0.1, 0.15) is 38.2 Å². The van der Waals surface area contributed by atoms with Crippen LogP contribution in [0.2, 0.25) is 5.02 Å². The highest BCUT2D eigenvalue weighted by Gasteiger charge is 2.20. The van der Waals surface area contributed by atoms with Crippen LogP contribution in [-0.2, 0) is 5.60 Å². The lowest BCUT2D eigenvalue weighted by Crippen LogP contribution is -2.19. The molecule has 0 spiro atoms. The summed E-state index contributed by atoms with van der Waals surface area (Å²) in [5, 5.41) is 14.8. The van der Waals surface area contributed by atoms with Gasteiger partial charge in [-0.3, -0.25) is 9.97 Å². The van der Waals surface area contributed by atoms with Gasteiger partial charge in [-0.2, -0.15) is 0 Å². The molecule has 2 aromatic carbocycles. The number of thiazole rings is 1. The fourth-order valence-electron chi connectivity index (χ4n) is 3.97. The molecule has 0 saturated heterocycles.